The smallest absolute Gasteiger partial charge is 0.341 e. The Kier molecular flexibility index (Phi) is 8.49. The number of amides is 1. The molecule has 0 bridgehead atoms. The highest BCUT2D eigenvalue weighted by Crippen LogP contribution is 2.40. The fourth-order valence-corrected chi connectivity index (χ4v) is 6.52. The van der Waals surface area contributed by atoms with E-state index in [1.807, 2.05) is 6.92 Å². The van der Waals surface area contributed by atoms with E-state index < -0.39 is 12.1 Å². The normalized spacial score (nSPS) is 15.8. The average Bonchev–Trinajstić information content (AvgIpc) is 3.38. The topological polar surface area (TPSA) is 95.3 Å². The van der Waals surface area contributed by atoms with Gasteiger partial charge < -0.3 is 19.4 Å². The summed E-state index contributed by atoms with van der Waals surface area (Å²) in [6.07, 6.45) is 2.27. The summed E-state index contributed by atoms with van der Waals surface area (Å²) in [6, 6.07) is 4.99. The molecule has 8 nitrogen and oxygen atoms in total. The van der Waals surface area contributed by atoms with E-state index >= 15 is 0 Å². The Morgan fingerprint density at radius 2 is 2.11 bits per heavy atom. The number of nitrogens with one attached hydrogen (secondary N) is 1. The highest BCUT2D eigenvalue weighted by Gasteiger charge is 2.29. The van der Waals surface area contributed by atoms with Gasteiger partial charge in [-0.2, -0.15) is 0 Å². The van der Waals surface area contributed by atoms with E-state index in [-0.39, 0.29) is 11.7 Å². The molecule has 0 spiro atoms. The molecule has 1 aliphatic carbocycles. The molecular weight excluding hydrogens is 543 g/mol. The van der Waals surface area contributed by atoms with E-state index in [0.29, 0.717) is 43.3 Å². The average molecular weight is 570 g/mol. The van der Waals surface area contributed by atoms with Gasteiger partial charge in [0, 0.05) is 23.0 Å². The van der Waals surface area contributed by atoms with Gasteiger partial charge in [0.05, 0.1) is 23.4 Å². The lowest BCUT2D eigenvalue weighted by atomic mass is 9.88. The van der Waals surface area contributed by atoms with Gasteiger partial charge in [0.15, 0.2) is 17.1 Å². The minimum Gasteiger partial charge on any atom is -0.481 e. The van der Waals surface area contributed by atoms with Crippen molar-refractivity contribution < 1.29 is 19.1 Å². The van der Waals surface area contributed by atoms with Crippen LogP contribution >= 0.6 is 46.3 Å². The van der Waals surface area contributed by atoms with Crippen LogP contribution in [0.15, 0.2) is 23.4 Å². The van der Waals surface area contributed by atoms with E-state index in [1.54, 1.807) is 29.8 Å². The predicted molar refractivity (Wildman–Crippen MR) is 143 cm³/mol. The van der Waals surface area contributed by atoms with Crippen molar-refractivity contribution in [3.63, 3.8) is 0 Å². The molecule has 1 amide bonds. The first-order chi connectivity index (χ1) is 17.2. The maximum Gasteiger partial charge on any atom is 0.341 e. The molecule has 1 aliphatic rings. The molecule has 1 aromatic carbocycles. The van der Waals surface area contributed by atoms with Crippen LogP contribution in [0.4, 0.5) is 5.00 Å². The van der Waals surface area contributed by atoms with Gasteiger partial charge in [-0.1, -0.05) is 41.9 Å². The van der Waals surface area contributed by atoms with Crippen LogP contribution in [-0.4, -0.2) is 39.5 Å². The van der Waals surface area contributed by atoms with Gasteiger partial charge >= 0.3 is 5.97 Å². The lowest BCUT2D eigenvalue weighted by Crippen LogP contribution is -2.17. The SMILES string of the molecule is COC(=O)c1c(NC(=O)CSc2nnc(C(C)Oc3cc(Cl)ccc3Cl)n2C)sc2c1CCC(C)C2. The zero-order chi connectivity index (χ0) is 26.0. The van der Waals surface area contributed by atoms with Crippen molar-refractivity contribution in [1.29, 1.82) is 0 Å². The summed E-state index contributed by atoms with van der Waals surface area (Å²) >= 11 is 14.9. The monoisotopic (exact) mass is 568 g/mol. The second-order valence-corrected chi connectivity index (χ2v) is 11.5. The molecule has 36 heavy (non-hydrogen) atoms. The molecule has 0 aliphatic heterocycles. The molecule has 0 fully saturated rings. The molecule has 0 saturated heterocycles. The third-order valence-corrected chi connectivity index (χ3v) is 8.65. The number of thioether (sulfide) groups is 1. The fourth-order valence-electron chi connectivity index (χ4n) is 4.07. The van der Waals surface area contributed by atoms with Crippen molar-refractivity contribution in [1.82, 2.24) is 14.8 Å². The van der Waals surface area contributed by atoms with E-state index in [0.717, 1.165) is 29.7 Å². The highest BCUT2D eigenvalue weighted by atomic mass is 35.5. The molecule has 2 atom stereocenters. The summed E-state index contributed by atoms with van der Waals surface area (Å²) in [5, 5.41) is 13.4. The zero-order valence-corrected chi connectivity index (χ0v) is 23.4. The van der Waals surface area contributed by atoms with Crippen molar-refractivity contribution in [3.8, 4) is 5.75 Å². The summed E-state index contributed by atoms with van der Waals surface area (Å²) in [5.74, 6) is 1.01. The predicted octanol–water partition coefficient (Wildman–Crippen LogP) is 5.97. The molecule has 2 aromatic heterocycles. The number of hydrogen-bond acceptors (Lipinski definition) is 8. The largest absolute Gasteiger partial charge is 0.481 e. The maximum absolute atomic E-state index is 12.8. The Hall–Kier alpha value is -2.27. The number of halogens is 2. The number of methoxy groups -OCH3 is 1. The van der Waals surface area contributed by atoms with Crippen molar-refractivity contribution in [2.45, 2.75) is 44.4 Å². The van der Waals surface area contributed by atoms with E-state index in [4.69, 9.17) is 32.7 Å². The molecule has 3 aromatic rings. The third kappa shape index (κ3) is 5.82. The van der Waals surface area contributed by atoms with Crippen LogP contribution in [-0.2, 0) is 29.4 Å². The number of esters is 1. The second kappa shape index (κ2) is 11.4. The van der Waals surface area contributed by atoms with E-state index in [9.17, 15) is 9.59 Å². The molecular formula is C24H26Cl2N4O4S2. The lowest BCUT2D eigenvalue weighted by molar-refractivity contribution is -0.113. The van der Waals surface area contributed by atoms with Crippen LogP contribution in [0.2, 0.25) is 10.0 Å². The summed E-state index contributed by atoms with van der Waals surface area (Å²) in [6.45, 7) is 4.02. The van der Waals surface area contributed by atoms with Crippen LogP contribution in [0.1, 0.15) is 53.0 Å². The standard InChI is InChI=1S/C24H26Cl2N4O4S2/c1-12-5-7-15-18(9-12)36-22(20(15)23(32)33-4)27-19(31)11-35-24-29-28-21(30(24)3)13(2)34-17-10-14(25)6-8-16(17)26/h6,8,10,12-13H,5,7,9,11H2,1-4H3,(H,27,31). The summed E-state index contributed by atoms with van der Waals surface area (Å²) in [7, 11) is 3.16. The first kappa shape index (κ1) is 26.8. The number of carbonyl (C=O) groups is 2. The van der Waals surface area contributed by atoms with Gasteiger partial charge in [0.25, 0.3) is 0 Å². The van der Waals surface area contributed by atoms with Gasteiger partial charge in [0.1, 0.15) is 10.8 Å². The zero-order valence-electron chi connectivity index (χ0n) is 20.3. The Balaban J connectivity index is 1.42. The van der Waals surface area contributed by atoms with Crippen molar-refractivity contribution in [3.05, 3.63) is 50.1 Å². The van der Waals surface area contributed by atoms with Crippen LogP contribution in [0.3, 0.4) is 0 Å². The minimum absolute atomic E-state index is 0.0981. The second-order valence-electron chi connectivity index (χ2n) is 8.62. The summed E-state index contributed by atoms with van der Waals surface area (Å²) in [5.41, 5.74) is 1.48. The third-order valence-electron chi connectivity index (χ3n) is 5.92. The van der Waals surface area contributed by atoms with E-state index in [1.165, 1.54) is 30.2 Å². The Bertz CT molecular complexity index is 1290. The summed E-state index contributed by atoms with van der Waals surface area (Å²) in [4.78, 5) is 26.4. The molecule has 1 N–H and O–H groups in total. The Morgan fingerprint density at radius 1 is 1.33 bits per heavy atom. The fraction of sp³-hybridized carbons (Fsp3) is 0.417. The number of thiophene rings is 1. The number of fused-ring (bicyclic) bond motifs is 1. The molecule has 2 heterocycles. The number of carbonyl (C=O) groups excluding carboxylic acids is 2. The van der Waals surface area contributed by atoms with E-state index in [2.05, 4.69) is 22.4 Å². The number of nitrogens with zero attached hydrogens (tertiary/aromatic N) is 3. The highest BCUT2D eigenvalue weighted by molar-refractivity contribution is 7.99. The van der Waals surface area contributed by atoms with Gasteiger partial charge in [-0.25, -0.2) is 4.79 Å². The Labute approximate surface area is 227 Å². The first-order valence-corrected chi connectivity index (χ1v) is 13.9. The number of aromatic nitrogens is 3. The lowest BCUT2D eigenvalue weighted by Gasteiger charge is -2.18. The summed E-state index contributed by atoms with van der Waals surface area (Å²) < 4.78 is 12.7. The van der Waals surface area contributed by atoms with Crippen molar-refractivity contribution in [2.75, 3.05) is 18.2 Å². The van der Waals surface area contributed by atoms with Gasteiger partial charge in [-0.3, -0.25) is 4.79 Å². The number of rotatable bonds is 8. The van der Waals surface area contributed by atoms with Crippen LogP contribution in [0.25, 0.3) is 0 Å². The molecule has 12 heteroatoms. The molecule has 4 rings (SSSR count). The number of anilines is 1. The minimum atomic E-state index is -0.455. The Morgan fingerprint density at radius 3 is 2.86 bits per heavy atom. The number of benzene rings is 1. The first-order valence-electron chi connectivity index (χ1n) is 11.3. The van der Waals surface area contributed by atoms with Crippen molar-refractivity contribution >= 4 is 63.2 Å². The van der Waals surface area contributed by atoms with Gasteiger partial charge in [0.2, 0.25) is 5.91 Å². The quantitative estimate of drug-likeness (QED) is 0.264. The van der Waals surface area contributed by atoms with Crippen LogP contribution in [0, 0.1) is 5.92 Å². The number of hydrogen-bond donors (Lipinski definition) is 1. The molecule has 192 valence electrons. The van der Waals surface area contributed by atoms with Crippen LogP contribution in [0.5, 0.6) is 5.75 Å². The van der Waals surface area contributed by atoms with Gasteiger partial charge in [-0.15, -0.1) is 21.5 Å². The maximum atomic E-state index is 12.8. The molecule has 0 radical (unpaired) electrons. The van der Waals surface area contributed by atoms with Crippen molar-refractivity contribution in [2.24, 2.45) is 13.0 Å². The number of ether oxygens (including phenoxy) is 2. The van der Waals surface area contributed by atoms with Gasteiger partial charge in [-0.05, 0) is 49.8 Å². The van der Waals surface area contributed by atoms with Crippen LogP contribution < -0.4 is 10.1 Å². The molecule has 0 saturated carbocycles. The molecule has 2 unspecified atom stereocenters.